The van der Waals surface area contributed by atoms with Crippen LogP contribution in [0.1, 0.15) is 37.9 Å². The van der Waals surface area contributed by atoms with Gasteiger partial charge in [0.2, 0.25) is 0 Å². The van der Waals surface area contributed by atoms with Gasteiger partial charge in [0.05, 0.1) is 11.7 Å². The van der Waals surface area contributed by atoms with Gasteiger partial charge in [-0.05, 0) is 25.3 Å². The standard InChI is InChI=1S/C11H22N4O/c1-3-8-15-11(6-7-13-15)10(14-12)5-4-9-16-2/h6-7,10,14H,3-5,8-9,12H2,1-2H3. The summed E-state index contributed by atoms with van der Waals surface area (Å²) in [6.45, 7) is 3.84. The number of hydrogen-bond acceptors (Lipinski definition) is 4. The Bertz CT molecular complexity index is 287. The van der Waals surface area contributed by atoms with Crippen molar-refractivity contribution < 1.29 is 4.74 Å². The predicted molar refractivity (Wildman–Crippen MR) is 63.7 cm³/mol. The SMILES string of the molecule is CCCn1nccc1C(CCCOC)NN. The van der Waals surface area contributed by atoms with E-state index in [4.69, 9.17) is 10.6 Å². The Kier molecular flexibility index (Phi) is 6.07. The Morgan fingerprint density at radius 3 is 3.06 bits per heavy atom. The molecule has 5 nitrogen and oxygen atoms in total. The topological polar surface area (TPSA) is 65.1 Å². The molecule has 0 amide bonds. The van der Waals surface area contributed by atoms with Gasteiger partial charge in [-0.2, -0.15) is 5.10 Å². The first kappa shape index (κ1) is 13.2. The molecule has 0 fully saturated rings. The van der Waals surface area contributed by atoms with Crippen molar-refractivity contribution in [1.82, 2.24) is 15.2 Å². The molecular formula is C11H22N4O. The second-order valence-electron chi connectivity index (χ2n) is 3.83. The second kappa shape index (κ2) is 7.38. The van der Waals surface area contributed by atoms with Crippen LogP contribution in [0, 0.1) is 0 Å². The van der Waals surface area contributed by atoms with Gasteiger partial charge in [0, 0.05) is 26.5 Å². The predicted octanol–water partition coefficient (Wildman–Crippen LogP) is 1.22. The van der Waals surface area contributed by atoms with Crippen LogP contribution in [0.5, 0.6) is 0 Å². The van der Waals surface area contributed by atoms with Crippen molar-refractivity contribution in [3.8, 4) is 0 Å². The lowest BCUT2D eigenvalue weighted by Gasteiger charge is -2.17. The molecule has 1 rings (SSSR count). The van der Waals surface area contributed by atoms with Gasteiger partial charge in [0.25, 0.3) is 0 Å². The zero-order chi connectivity index (χ0) is 11.8. The molecule has 16 heavy (non-hydrogen) atoms. The highest BCUT2D eigenvalue weighted by molar-refractivity contribution is 5.06. The van der Waals surface area contributed by atoms with E-state index in [2.05, 4.69) is 17.4 Å². The summed E-state index contributed by atoms with van der Waals surface area (Å²) in [4.78, 5) is 0. The van der Waals surface area contributed by atoms with Crippen LogP contribution in [0.3, 0.4) is 0 Å². The van der Waals surface area contributed by atoms with Crippen LogP contribution in [0.4, 0.5) is 0 Å². The fraction of sp³-hybridized carbons (Fsp3) is 0.727. The average Bonchev–Trinajstić information content (AvgIpc) is 2.73. The molecular weight excluding hydrogens is 204 g/mol. The lowest BCUT2D eigenvalue weighted by molar-refractivity contribution is 0.188. The third-order valence-corrected chi connectivity index (χ3v) is 2.58. The summed E-state index contributed by atoms with van der Waals surface area (Å²) in [6, 6.07) is 2.18. The molecule has 0 saturated heterocycles. The molecule has 1 aromatic rings. The molecule has 0 aliphatic heterocycles. The molecule has 0 radical (unpaired) electrons. The molecule has 0 aliphatic rings. The summed E-state index contributed by atoms with van der Waals surface area (Å²) in [7, 11) is 1.71. The van der Waals surface area contributed by atoms with Crippen molar-refractivity contribution in [3.63, 3.8) is 0 Å². The quantitative estimate of drug-likeness (QED) is 0.397. The summed E-state index contributed by atoms with van der Waals surface area (Å²) in [5, 5.41) is 4.29. The van der Waals surface area contributed by atoms with Crippen LogP contribution in [0.2, 0.25) is 0 Å². The highest BCUT2D eigenvalue weighted by atomic mass is 16.5. The van der Waals surface area contributed by atoms with Gasteiger partial charge in [-0.25, -0.2) is 0 Å². The number of hydrogen-bond donors (Lipinski definition) is 2. The highest BCUT2D eigenvalue weighted by Crippen LogP contribution is 2.17. The first-order valence-corrected chi connectivity index (χ1v) is 5.80. The Balaban J connectivity index is 2.59. The summed E-state index contributed by atoms with van der Waals surface area (Å²) in [5.74, 6) is 5.58. The zero-order valence-corrected chi connectivity index (χ0v) is 10.1. The Morgan fingerprint density at radius 1 is 1.62 bits per heavy atom. The van der Waals surface area contributed by atoms with Gasteiger partial charge in [0.1, 0.15) is 0 Å². The van der Waals surface area contributed by atoms with Crippen LogP contribution < -0.4 is 11.3 Å². The molecule has 0 spiro atoms. The van der Waals surface area contributed by atoms with Crippen LogP contribution in [-0.2, 0) is 11.3 Å². The zero-order valence-electron chi connectivity index (χ0n) is 10.1. The fourth-order valence-corrected chi connectivity index (χ4v) is 1.79. The number of methoxy groups -OCH3 is 1. The first-order valence-electron chi connectivity index (χ1n) is 5.80. The lowest BCUT2D eigenvalue weighted by atomic mass is 10.1. The van der Waals surface area contributed by atoms with E-state index in [1.165, 1.54) is 0 Å². The van der Waals surface area contributed by atoms with Gasteiger partial charge in [-0.3, -0.25) is 16.0 Å². The van der Waals surface area contributed by atoms with Crippen LogP contribution in [-0.4, -0.2) is 23.5 Å². The van der Waals surface area contributed by atoms with Gasteiger partial charge >= 0.3 is 0 Å². The molecule has 0 aromatic carbocycles. The molecule has 1 aromatic heterocycles. The van der Waals surface area contributed by atoms with Gasteiger partial charge < -0.3 is 4.74 Å². The van der Waals surface area contributed by atoms with Crippen molar-refractivity contribution >= 4 is 0 Å². The van der Waals surface area contributed by atoms with E-state index in [0.717, 1.165) is 38.1 Å². The van der Waals surface area contributed by atoms with Gasteiger partial charge in [-0.1, -0.05) is 6.92 Å². The monoisotopic (exact) mass is 226 g/mol. The van der Waals surface area contributed by atoms with Crippen LogP contribution in [0.15, 0.2) is 12.3 Å². The summed E-state index contributed by atoms with van der Waals surface area (Å²) < 4.78 is 7.05. The van der Waals surface area contributed by atoms with Gasteiger partial charge in [0.15, 0.2) is 0 Å². The van der Waals surface area contributed by atoms with Crippen molar-refractivity contribution in [2.45, 2.75) is 38.8 Å². The van der Waals surface area contributed by atoms with Crippen molar-refractivity contribution in [2.75, 3.05) is 13.7 Å². The molecule has 0 aliphatic carbocycles. The fourth-order valence-electron chi connectivity index (χ4n) is 1.79. The van der Waals surface area contributed by atoms with E-state index in [1.54, 1.807) is 7.11 Å². The average molecular weight is 226 g/mol. The van der Waals surface area contributed by atoms with Crippen molar-refractivity contribution in [1.29, 1.82) is 0 Å². The molecule has 1 heterocycles. The number of rotatable bonds is 8. The van der Waals surface area contributed by atoms with E-state index < -0.39 is 0 Å². The minimum absolute atomic E-state index is 0.157. The number of ether oxygens (including phenoxy) is 1. The number of aryl methyl sites for hydroxylation is 1. The van der Waals surface area contributed by atoms with Crippen molar-refractivity contribution in [3.05, 3.63) is 18.0 Å². The summed E-state index contributed by atoms with van der Waals surface area (Å²) >= 11 is 0. The van der Waals surface area contributed by atoms with E-state index in [-0.39, 0.29) is 6.04 Å². The number of nitrogens with two attached hydrogens (primary N) is 1. The molecule has 92 valence electrons. The normalized spacial score (nSPS) is 12.9. The maximum atomic E-state index is 5.58. The molecule has 1 unspecified atom stereocenters. The lowest BCUT2D eigenvalue weighted by Crippen LogP contribution is -2.30. The van der Waals surface area contributed by atoms with E-state index >= 15 is 0 Å². The molecule has 1 atom stereocenters. The maximum absolute atomic E-state index is 5.58. The Hall–Kier alpha value is -0.910. The third-order valence-electron chi connectivity index (χ3n) is 2.58. The largest absolute Gasteiger partial charge is 0.385 e. The van der Waals surface area contributed by atoms with E-state index in [0.29, 0.717) is 0 Å². The molecule has 0 saturated carbocycles. The number of aromatic nitrogens is 2. The van der Waals surface area contributed by atoms with Crippen LogP contribution >= 0.6 is 0 Å². The Morgan fingerprint density at radius 2 is 2.44 bits per heavy atom. The molecule has 3 N–H and O–H groups in total. The number of nitrogens with zero attached hydrogens (tertiary/aromatic N) is 2. The summed E-state index contributed by atoms with van der Waals surface area (Å²) in [6.07, 6.45) is 4.85. The minimum Gasteiger partial charge on any atom is -0.385 e. The smallest absolute Gasteiger partial charge is 0.0629 e. The maximum Gasteiger partial charge on any atom is 0.0629 e. The minimum atomic E-state index is 0.157. The van der Waals surface area contributed by atoms with Crippen LogP contribution in [0.25, 0.3) is 0 Å². The molecule has 0 bridgehead atoms. The van der Waals surface area contributed by atoms with E-state index in [9.17, 15) is 0 Å². The number of hydrazine groups is 1. The van der Waals surface area contributed by atoms with E-state index in [1.807, 2.05) is 16.9 Å². The van der Waals surface area contributed by atoms with Crippen molar-refractivity contribution in [2.24, 2.45) is 5.84 Å². The Labute approximate surface area is 96.9 Å². The summed E-state index contributed by atoms with van der Waals surface area (Å²) in [5.41, 5.74) is 4.00. The second-order valence-corrected chi connectivity index (χ2v) is 3.83. The van der Waals surface area contributed by atoms with Gasteiger partial charge in [-0.15, -0.1) is 0 Å². The third kappa shape index (κ3) is 3.59. The first-order chi connectivity index (χ1) is 7.83. The highest BCUT2D eigenvalue weighted by Gasteiger charge is 2.13. The number of nitrogens with one attached hydrogen (secondary N) is 1. The molecule has 5 heteroatoms.